The number of nitrogens with zero attached hydrogens (tertiary/aromatic N) is 2. The van der Waals surface area contributed by atoms with Crippen LogP contribution in [0.25, 0.3) is 0 Å². The average Bonchev–Trinajstić information content (AvgIpc) is 3.09. The minimum Gasteiger partial charge on any atom is -0.535 e. The van der Waals surface area contributed by atoms with Gasteiger partial charge in [-0.25, -0.2) is 9.78 Å². The second-order valence-electron chi connectivity index (χ2n) is 5.52. The molecule has 10 heteroatoms. The number of hydrogen-bond acceptors (Lipinski definition) is 8. The topological polar surface area (TPSA) is 129 Å². The quantitative estimate of drug-likeness (QED) is 0.319. The zero-order valence-corrected chi connectivity index (χ0v) is 13.6. The first-order valence-electron chi connectivity index (χ1n) is 7.35. The fourth-order valence-electron chi connectivity index (χ4n) is 2.74. The van der Waals surface area contributed by atoms with Crippen LogP contribution in [-0.2, 0) is 11.2 Å². The third kappa shape index (κ3) is 3.40. The van der Waals surface area contributed by atoms with Gasteiger partial charge in [-0.15, -0.1) is 11.3 Å². The maximum atomic E-state index is 12.4. The van der Waals surface area contributed by atoms with E-state index in [4.69, 9.17) is 9.86 Å². The van der Waals surface area contributed by atoms with Gasteiger partial charge < -0.3 is 20.0 Å². The molecule has 2 heterocycles. The summed E-state index contributed by atoms with van der Waals surface area (Å²) in [5.74, 6) is -2.13. The summed E-state index contributed by atoms with van der Waals surface area (Å²) in [7, 11) is -1.34. The first kappa shape index (κ1) is 17.1. The Hall–Kier alpha value is -2.72. The van der Waals surface area contributed by atoms with Crippen molar-refractivity contribution in [1.82, 2.24) is 4.98 Å². The van der Waals surface area contributed by atoms with Crippen LogP contribution >= 0.6 is 11.3 Å². The van der Waals surface area contributed by atoms with Gasteiger partial charge in [0.25, 0.3) is 0 Å². The number of oxime groups is 1. The van der Waals surface area contributed by atoms with Gasteiger partial charge in [-0.2, -0.15) is 0 Å². The number of para-hydroxylation sites is 1. The Bertz CT molecular complexity index is 839. The van der Waals surface area contributed by atoms with Crippen LogP contribution in [0.4, 0.5) is 0 Å². The van der Waals surface area contributed by atoms with Gasteiger partial charge in [0.2, 0.25) is 0 Å². The molecule has 0 radical (unpaired) electrons. The van der Waals surface area contributed by atoms with Gasteiger partial charge in [0.05, 0.1) is 11.1 Å². The number of benzene rings is 1. The van der Waals surface area contributed by atoms with Crippen LogP contribution in [0.1, 0.15) is 28.0 Å². The van der Waals surface area contributed by atoms with Crippen molar-refractivity contribution in [2.24, 2.45) is 5.16 Å². The summed E-state index contributed by atoms with van der Waals surface area (Å²) in [6.45, 7) is 0. The number of thiazole rings is 1. The first-order valence-corrected chi connectivity index (χ1v) is 8.29. The van der Waals surface area contributed by atoms with E-state index in [1.54, 1.807) is 17.5 Å². The molecule has 0 unspecified atom stereocenters. The second-order valence-corrected chi connectivity index (χ2v) is 6.24. The number of carboxylic acid groups (broad SMARTS) is 1. The summed E-state index contributed by atoms with van der Waals surface area (Å²) in [6.07, 6.45) is 0.133. The zero-order chi connectivity index (χ0) is 18.0. The molecule has 3 N–H and O–H groups in total. The van der Waals surface area contributed by atoms with E-state index in [2.05, 4.69) is 10.1 Å². The van der Waals surface area contributed by atoms with E-state index >= 15 is 0 Å². The van der Waals surface area contributed by atoms with Crippen LogP contribution in [0, 0.1) is 0 Å². The van der Waals surface area contributed by atoms with E-state index in [0.717, 1.165) is 0 Å². The van der Waals surface area contributed by atoms with Crippen molar-refractivity contribution in [1.29, 1.82) is 0 Å². The van der Waals surface area contributed by atoms with Crippen molar-refractivity contribution in [2.75, 3.05) is 0 Å². The zero-order valence-electron chi connectivity index (χ0n) is 12.8. The number of fused-ring (bicyclic) bond motifs is 1. The molecular formula is C15H13BN2O6S. The van der Waals surface area contributed by atoms with E-state index < -0.39 is 24.7 Å². The number of carboxylic acids is 1. The van der Waals surface area contributed by atoms with Gasteiger partial charge in [0, 0.05) is 17.6 Å². The Morgan fingerprint density at radius 2 is 2.24 bits per heavy atom. The van der Waals surface area contributed by atoms with E-state index in [1.807, 2.05) is 0 Å². The Labute approximate surface area is 146 Å². The van der Waals surface area contributed by atoms with Gasteiger partial charge in [0.1, 0.15) is 11.4 Å². The van der Waals surface area contributed by atoms with Crippen molar-refractivity contribution >= 4 is 35.9 Å². The van der Waals surface area contributed by atoms with E-state index in [1.165, 1.54) is 22.9 Å². The number of hydrogen-bond donors (Lipinski definition) is 3. The fraction of sp³-hybridized carbons (Fsp3) is 0.200. The normalized spacial score (nSPS) is 16.9. The minimum atomic E-state index is -1.34. The Kier molecular flexibility index (Phi) is 4.82. The summed E-state index contributed by atoms with van der Waals surface area (Å²) >= 11 is 1.26. The van der Waals surface area contributed by atoms with Gasteiger partial charge in [-0.05, 0) is 18.1 Å². The van der Waals surface area contributed by atoms with Crippen LogP contribution in [0.5, 0.6) is 5.75 Å². The number of ketones is 1. The van der Waals surface area contributed by atoms with E-state index in [9.17, 15) is 19.7 Å². The van der Waals surface area contributed by atoms with Crippen LogP contribution in [0.3, 0.4) is 0 Å². The van der Waals surface area contributed by atoms with Crippen LogP contribution in [-0.4, -0.2) is 44.9 Å². The average molecular weight is 360 g/mol. The molecule has 1 aliphatic rings. The molecule has 25 heavy (non-hydrogen) atoms. The molecule has 8 nitrogen and oxygen atoms in total. The summed E-state index contributed by atoms with van der Waals surface area (Å²) in [4.78, 5) is 27.6. The predicted octanol–water partition coefficient (Wildman–Crippen LogP) is 1.46. The second kappa shape index (κ2) is 7.03. The Morgan fingerprint density at radius 1 is 1.44 bits per heavy atom. The van der Waals surface area contributed by atoms with Crippen LogP contribution < -0.4 is 4.65 Å². The van der Waals surface area contributed by atoms with Crippen molar-refractivity contribution in [3.8, 4) is 5.75 Å². The maximum absolute atomic E-state index is 12.4. The molecular weight excluding hydrogens is 347 g/mol. The smallest absolute Gasteiger partial charge is 0.526 e. The molecule has 1 atom stereocenters. The largest absolute Gasteiger partial charge is 0.535 e. The highest BCUT2D eigenvalue weighted by molar-refractivity contribution is 7.07. The summed E-state index contributed by atoms with van der Waals surface area (Å²) in [5.41, 5.74) is 2.15. The molecule has 0 aliphatic carbocycles. The van der Waals surface area contributed by atoms with E-state index in [-0.39, 0.29) is 35.6 Å². The minimum absolute atomic E-state index is 0.0404. The number of rotatable bonds is 5. The molecule has 0 fully saturated rings. The van der Waals surface area contributed by atoms with Crippen molar-refractivity contribution in [2.45, 2.75) is 18.7 Å². The number of aromatic carboxylic acids is 1. The monoisotopic (exact) mass is 360 g/mol. The molecule has 0 amide bonds. The number of carbonyl (C=O) groups excluding carboxylic acids is 1. The molecule has 0 saturated heterocycles. The maximum Gasteiger partial charge on any atom is 0.526 e. The molecule has 0 bridgehead atoms. The Morgan fingerprint density at radius 3 is 2.88 bits per heavy atom. The summed E-state index contributed by atoms with van der Waals surface area (Å²) in [5, 5.41) is 33.0. The highest BCUT2D eigenvalue weighted by Gasteiger charge is 2.38. The van der Waals surface area contributed by atoms with Crippen molar-refractivity contribution < 1.29 is 29.6 Å². The lowest BCUT2D eigenvalue weighted by molar-refractivity contribution is -0.113. The highest BCUT2D eigenvalue weighted by atomic mass is 32.1. The lowest BCUT2D eigenvalue weighted by Crippen LogP contribution is -2.36. The molecule has 1 aromatic carbocycles. The SMILES string of the molecule is O=C(C[C@H]1Cc2cccc(C(=O)O)c2OB1O)/C(=N\O)c1cscn1. The lowest BCUT2D eigenvalue weighted by atomic mass is 9.64. The number of carbonyl (C=O) groups is 2. The summed E-state index contributed by atoms with van der Waals surface area (Å²) < 4.78 is 5.35. The van der Waals surface area contributed by atoms with Gasteiger partial charge >= 0.3 is 13.1 Å². The summed E-state index contributed by atoms with van der Waals surface area (Å²) in [6, 6.07) is 4.66. The number of Topliss-reactive ketones (excluding diaryl/α,β-unsaturated/α-hetero) is 1. The third-order valence-corrected chi connectivity index (χ3v) is 4.52. The Balaban J connectivity index is 1.80. The predicted molar refractivity (Wildman–Crippen MR) is 89.5 cm³/mol. The molecule has 1 aromatic heterocycles. The molecule has 1 aliphatic heterocycles. The molecule has 128 valence electrons. The molecule has 2 aromatic rings. The van der Waals surface area contributed by atoms with Gasteiger partial charge in [-0.1, -0.05) is 17.3 Å². The van der Waals surface area contributed by atoms with Crippen LogP contribution in [0.2, 0.25) is 5.82 Å². The standard InChI is InChI=1S/C15H13BN2O6S/c19-12(13(18-23)11-6-25-7-17-11)5-9-4-8-2-1-3-10(15(20)21)14(8)24-16(9)22/h1-3,6-7,9,22-23H,4-5H2,(H,20,21)/b18-13-/t9-/m1/s1. The van der Waals surface area contributed by atoms with Crippen molar-refractivity contribution in [3.63, 3.8) is 0 Å². The number of aromatic nitrogens is 1. The lowest BCUT2D eigenvalue weighted by Gasteiger charge is -2.27. The molecule has 0 spiro atoms. The van der Waals surface area contributed by atoms with Crippen LogP contribution in [0.15, 0.2) is 34.2 Å². The van der Waals surface area contributed by atoms with Gasteiger partial charge in [-0.3, -0.25) is 4.79 Å². The van der Waals surface area contributed by atoms with Gasteiger partial charge in [0.15, 0.2) is 11.5 Å². The fourth-order valence-corrected chi connectivity index (χ4v) is 3.28. The molecule has 0 saturated carbocycles. The van der Waals surface area contributed by atoms with E-state index in [0.29, 0.717) is 5.56 Å². The first-order chi connectivity index (χ1) is 12.0. The molecule has 3 rings (SSSR count). The van der Waals surface area contributed by atoms with Crippen molar-refractivity contribution in [3.05, 3.63) is 45.9 Å². The third-order valence-electron chi connectivity index (χ3n) is 3.94. The highest BCUT2D eigenvalue weighted by Crippen LogP contribution is 2.36.